The molecule has 1 saturated carbocycles. The maximum atomic E-state index is 12.8. The van der Waals surface area contributed by atoms with E-state index < -0.39 is 0 Å². The molecule has 0 unspecified atom stereocenters. The number of aliphatic hydroxyl groups excluding tert-OH is 1. The quantitative estimate of drug-likeness (QED) is 0.937. The van der Waals surface area contributed by atoms with Gasteiger partial charge in [0.2, 0.25) is 0 Å². The second-order valence-corrected chi connectivity index (χ2v) is 6.33. The highest BCUT2D eigenvalue weighted by Crippen LogP contribution is 2.33. The molecule has 1 heterocycles. The van der Waals surface area contributed by atoms with Crippen molar-refractivity contribution in [2.45, 2.75) is 52.2 Å². The molecule has 1 fully saturated rings. The molecule has 22 heavy (non-hydrogen) atoms. The molecule has 0 bridgehead atoms. The van der Waals surface area contributed by atoms with Crippen molar-refractivity contribution in [3.05, 3.63) is 57.4 Å². The summed E-state index contributed by atoms with van der Waals surface area (Å²) in [4.78, 5) is 12.8. The average Bonchev–Trinajstić information content (AvgIpc) is 3.01. The number of aliphatic hydroxyl groups is 1. The Morgan fingerprint density at radius 3 is 2.50 bits per heavy atom. The Bertz CT molecular complexity index is 740. The minimum atomic E-state index is -0.196. The van der Waals surface area contributed by atoms with Gasteiger partial charge in [-0.15, -0.1) is 0 Å². The predicted molar refractivity (Wildman–Crippen MR) is 89.0 cm³/mol. The lowest BCUT2D eigenvalue weighted by Crippen LogP contribution is -2.28. The third-order valence-corrected chi connectivity index (χ3v) is 4.71. The van der Waals surface area contributed by atoms with Crippen molar-refractivity contribution < 1.29 is 5.11 Å². The summed E-state index contributed by atoms with van der Waals surface area (Å²) in [5, 5.41) is 9.42. The van der Waals surface area contributed by atoms with Gasteiger partial charge in [-0.2, -0.15) is 0 Å². The Kier molecular flexibility index (Phi) is 4.16. The van der Waals surface area contributed by atoms with Crippen LogP contribution < -0.4 is 5.56 Å². The number of rotatable bonds is 3. The number of benzene rings is 1. The Hall–Kier alpha value is -1.87. The molecule has 0 radical (unpaired) electrons. The molecule has 2 aromatic rings. The highest BCUT2D eigenvalue weighted by Gasteiger charge is 2.22. The number of aromatic nitrogens is 1. The van der Waals surface area contributed by atoms with Gasteiger partial charge in [0.1, 0.15) is 0 Å². The largest absolute Gasteiger partial charge is 0.391 e. The lowest BCUT2D eigenvalue weighted by molar-refractivity contribution is 0.278. The van der Waals surface area contributed by atoms with Gasteiger partial charge in [-0.25, -0.2) is 0 Å². The molecule has 3 rings (SSSR count). The lowest BCUT2D eigenvalue weighted by atomic mass is 10.0. The summed E-state index contributed by atoms with van der Waals surface area (Å²) >= 11 is 0. The van der Waals surface area contributed by atoms with Crippen molar-refractivity contribution >= 4 is 0 Å². The van der Waals surface area contributed by atoms with Gasteiger partial charge in [-0.05, 0) is 44.4 Å². The zero-order valence-corrected chi connectivity index (χ0v) is 13.3. The van der Waals surface area contributed by atoms with Crippen molar-refractivity contribution in [2.24, 2.45) is 0 Å². The summed E-state index contributed by atoms with van der Waals surface area (Å²) in [5.74, 6) is 0. The predicted octanol–water partition coefficient (Wildman–Crippen LogP) is 3.74. The first kappa shape index (κ1) is 15.0. The van der Waals surface area contributed by atoms with Crippen LogP contribution in [0.25, 0.3) is 11.3 Å². The molecule has 3 heteroatoms. The summed E-state index contributed by atoms with van der Waals surface area (Å²) in [6.45, 7) is 3.97. The third kappa shape index (κ3) is 2.61. The lowest BCUT2D eigenvalue weighted by Gasteiger charge is -2.21. The molecule has 3 nitrogen and oxygen atoms in total. The van der Waals surface area contributed by atoms with Crippen LogP contribution in [0, 0.1) is 13.8 Å². The van der Waals surface area contributed by atoms with Gasteiger partial charge in [0.05, 0.1) is 12.3 Å². The van der Waals surface area contributed by atoms with Crippen molar-refractivity contribution in [3.8, 4) is 11.3 Å². The molecule has 116 valence electrons. The Balaban J connectivity index is 2.22. The first-order valence-corrected chi connectivity index (χ1v) is 8.04. The van der Waals surface area contributed by atoms with Crippen LogP contribution in [0.1, 0.15) is 48.4 Å². The number of aryl methyl sites for hydroxylation is 2. The second kappa shape index (κ2) is 6.09. The highest BCUT2D eigenvalue weighted by atomic mass is 16.3. The van der Waals surface area contributed by atoms with E-state index in [1.165, 1.54) is 24.0 Å². The van der Waals surface area contributed by atoms with E-state index in [1.54, 1.807) is 6.07 Å². The Morgan fingerprint density at radius 1 is 1.14 bits per heavy atom. The number of hydrogen-bond donors (Lipinski definition) is 1. The smallest absolute Gasteiger partial charge is 0.256 e. The van der Waals surface area contributed by atoms with Gasteiger partial charge in [0.25, 0.3) is 5.56 Å². The molecule has 0 saturated heterocycles. The van der Waals surface area contributed by atoms with Crippen LogP contribution in [0.15, 0.2) is 35.1 Å². The monoisotopic (exact) mass is 297 g/mol. The molecule has 0 amide bonds. The van der Waals surface area contributed by atoms with E-state index in [4.69, 9.17) is 0 Å². The fraction of sp³-hybridized carbons (Fsp3) is 0.421. The molecule has 0 aliphatic heterocycles. The van der Waals surface area contributed by atoms with Crippen LogP contribution in [0.2, 0.25) is 0 Å². The van der Waals surface area contributed by atoms with Gasteiger partial charge in [-0.1, -0.05) is 36.6 Å². The van der Waals surface area contributed by atoms with E-state index in [1.807, 2.05) is 10.6 Å². The van der Waals surface area contributed by atoms with E-state index in [0.29, 0.717) is 5.56 Å². The molecule has 1 aliphatic carbocycles. The minimum Gasteiger partial charge on any atom is -0.391 e. The molecule has 0 spiro atoms. The number of hydrogen-bond acceptors (Lipinski definition) is 2. The SMILES string of the molecule is Cc1ccc(-c2ccc(CO)c(=O)n2C2CCCC2)c(C)c1. The molecular formula is C19H23NO2. The van der Waals surface area contributed by atoms with E-state index in [2.05, 4.69) is 32.0 Å². The van der Waals surface area contributed by atoms with Gasteiger partial charge < -0.3 is 9.67 Å². The van der Waals surface area contributed by atoms with E-state index in [0.717, 1.165) is 24.1 Å². The fourth-order valence-corrected chi connectivity index (χ4v) is 3.56. The molecule has 1 aromatic heterocycles. The molecule has 1 aromatic carbocycles. The van der Waals surface area contributed by atoms with Gasteiger partial charge in [-0.3, -0.25) is 4.79 Å². The second-order valence-electron chi connectivity index (χ2n) is 6.33. The number of pyridine rings is 1. The van der Waals surface area contributed by atoms with Crippen LogP contribution in [0.3, 0.4) is 0 Å². The molecular weight excluding hydrogens is 274 g/mol. The summed E-state index contributed by atoms with van der Waals surface area (Å²) in [5.41, 5.74) is 4.95. The van der Waals surface area contributed by atoms with Gasteiger partial charge in [0, 0.05) is 17.2 Å². The minimum absolute atomic E-state index is 0.0353. The average molecular weight is 297 g/mol. The zero-order chi connectivity index (χ0) is 15.7. The number of nitrogens with zero attached hydrogens (tertiary/aromatic N) is 1. The van der Waals surface area contributed by atoms with Crippen molar-refractivity contribution in [2.75, 3.05) is 0 Å². The maximum absolute atomic E-state index is 12.8. The Labute approximate surface area is 131 Å². The summed E-state index contributed by atoms with van der Waals surface area (Å²) < 4.78 is 1.93. The van der Waals surface area contributed by atoms with Crippen LogP contribution in [-0.4, -0.2) is 9.67 Å². The Morgan fingerprint density at radius 2 is 1.86 bits per heavy atom. The highest BCUT2D eigenvalue weighted by molar-refractivity contribution is 5.65. The van der Waals surface area contributed by atoms with Gasteiger partial charge >= 0.3 is 0 Å². The van der Waals surface area contributed by atoms with E-state index in [-0.39, 0.29) is 18.2 Å². The summed E-state index contributed by atoms with van der Waals surface area (Å²) in [6, 6.07) is 10.4. The van der Waals surface area contributed by atoms with Crippen LogP contribution in [0.5, 0.6) is 0 Å². The molecule has 1 N–H and O–H groups in total. The van der Waals surface area contributed by atoms with Gasteiger partial charge in [0.15, 0.2) is 0 Å². The fourth-order valence-electron chi connectivity index (χ4n) is 3.56. The zero-order valence-electron chi connectivity index (χ0n) is 13.3. The normalized spacial score (nSPS) is 15.4. The maximum Gasteiger partial charge on any atom is 0.256 e. The van der Waals surface area contributed by atoms with Crippen LogP contribution in [0.4, 0.5) is 0 Å². The molecule has 1 aliphatic rings. The first-order chi connectivity index (χ1) is 10.6. The van der Waals surface area contributed by atoms with Crippen molar-refractivity contribution in [1.29, 1.82) is 0 Å². The van der Waals surface area contributed by atoms with Crippen LogP contribution >= 0.6 is 0 Å². The molecule has 0 atom stereocenters. The van der Waals surface area contributed by atoms with Crippen molar-refractivity contribution in [3.63, 3.8) is 0 Å². The van der Waals surface area contributed by atoms with Crippen LogP contribution in [-0.2, 0) is 6.61 Å². The topological polar surface area (TPSA) is 42.2 Å². The van der Waals surface area contributed by atoms with E-state index in [9.17, 15) is 9.90 Å². The summed E-state index contributed by atoms with van der Waals surface area (Å²) in [7, 11) is 0. The third-order valence-electron chi connectivity index (χ3n) is 4.71. The summed E-state index contributed by atoms with van der Waals surface area (Å²) in [6.07, 6.45) is 4.44. The standard InChI is InChI=1S/C19H23NO2/c1-13-7-9-17(14(2)11-13)18-10-8-15(12-21)19(22)20(18)16-5-3-4-6-16/h7-11,16,21H,3-6,12H2,1-2H3. The van der Waals surface area contributed by atoms with Crippen molar-refractivity contribution in [1.82, 2.24) is 4.57 Å². The first-order valence-electron chi connectivity index (χ1n) is 8.04. The van der Waals surface area contributed by atoms with E-state index >= 15 is 0 Å².